The molecule has 0 aliphatic heterocycles. The Balaban J connectivity index is 1.40. The zero-order valence-corrected chi connectivity index (χ0v) is 17.9. The van der Waals surface area contributed by atoms with Crippen molar-refractivity contribution in [2.24, 2.45) is 0 Å². The third kappa shape index (κ3) is 5.47. The number of halogens is 3. The lowest BCUT2D eigenvalue weighted by Gasteiger charge is -2.11. The van der Waals surface area contributed by atoms with Crippen molar-refractivity contribution in [3.05, 3.63) is 77.7 Å². The fraction of sp³-hybridized carbons (Fsp3) is 0.143. The molecule has 0 saturated carbocycles. The van der Waals surface area contributed by atoms with Crippen molar-refractivity contribution < 1.29 is 18.0 Å². The van der Waals surface area contributed by atoms with Crippen LogP contribution in [0.1, 0.15) is 33.9 Å². The average Bonchev–Trinajstić information content (AvgIpc) is 3.28. The summed E-state index contributed by atoms with van der Waals surface area (Å²) in [5.74, 6) is -0.395. The van der Waals surface area contributed by atoms with Crippen molar-refractivity contribution in [3.63, 3.8) is 0 Å². The first kappa shape index (κ1) is 22.3. The van der Waals surface area contributed by atoms with Gasteiger partial charge in [0, 0.05) is 34.7 Å². The smallest absolute Gasteiger partial charge is 0.343 e. The number of anilines is 2. The van der Waals surface area contributed by atoms with E-state index >= 15 is 0 Å². The maximum Gasteiger partial charge on any atom is 0.416 e. The minimum atomic E-state index is -4.39. The second-order valence-corrected chi connectivity index (χ2v) is 7.94. The molecular formula is C21H16F3N7OS. The van der Waals surface area contributed by atoms with Gasteiger partial charge in [-0.1, -0.05) is 11.3 Å². The van der Waals surface area contributed by atoms with Crippen molar-refractivity contribution in [2.75, 3.05) is 5.32 Å². The van der Waals surface area contributed by atoms with Crippen molar-refractivity contribution in [2.45, 2.75) is 19.1 Å². The van der Waals surface area contributed by atoms with E-state index in [2.05, 4.69) is 35.6 Å². The van der Waals surface area contributed by atoms with Crippen molar-refractivity contribution in [1.29, 1.82) is 0 Å². The van der Waals surface area contributed by atoms with Crippen LogP contribution in [0.15, 0.2) is 61.6 Å². The van der Waals surface area contributed by atoms with Crippen LogP contribution < -0.4 is 10.6 Å². The molecule has 0 aliphatic rings. The molecule has 1 aromatic carbocycles. The number of rotatable bonds is 6. The van der Waals surface area contributed by atoms with Crippen molar-refractivity contribution in [1.82, 2.24) is 30.2 Å². The first-order valence-corrected chi connectivity index (χ1v) is 10.4. The summed E-state index contributed by atoms with van der Waals surface area (Å²) in [5, 5.41) is 6.30. The zero-order chi connectivity index (χ0) is 23.4. The monoisotopic (exact) mass is 471 g/mol. The van der Waals surface area contributed by atoms with Gasteiger partial charge in [0.05, 0.1) is 17.3 Å². The number of nitrogens with one attached hydrogen (secondary N) is 2. The largest absolute Gasteiger partial charge is 0.416 e. The number of hydrogen-bond donors (Lipinski definition) is 2. The van der Waals surface area contributed by atoms with E-state index in [0.29, 0.717) is 22.1 Å². The fourth-order valence-electron chi connectivity index (χ4n) is 2.82. The summed E-state index contributed by atoms with van der Waals surface area (Å²) in [6.07, 6.45) is 3.06. The van der Waals surface area contributed by atoms with Gasteiger partial charge in [-0.2, -0.15) is 13.2 Å². The summed E-state index contributed by atoms with van der Waals surface area (Å²) in [5.41, 5.74) is 1.10. The number of carbonyl (C=O) groups is 1. The van der Waals surface area contributed by atoms with Crippen LogP contribution in [0.25, 0.3) is 11.3 Å². The molecule has 0 fully saturated rings. The number of nitrogens with zero attached hydrogens (tertiary/aromatic N) is 5. The molecule has 12 heteroatoms. The topological polar surface area (TPSA) is 106 Å². The lowest BCUT2D eigenvalue weighted by molar-refractivity contribution is -0.137. The van der Waals surface area contributed by atoms with Crippen LogP contribution in [0.4, 0.5) is 24.0 Å². The highest BCUT2D eigenvalue weighted by molar-refractivity contribution is 7.15. The molecule has 4 aromatic rings. The van der Waals surface area contributed by atoms with E-state index in [1.807, 2.05) is 0 Å². The highest BCUT2D eigenvalue weighted by Crippen LogP contribution is 2.31. The number of alkyl halides is 3. The normalized spacial score (nSPS) is 12.2. The molecule has 4 rings (SSSR count). The number of carbonyl (C=O) groups excluding carboxylic acids is 1. The third-order valence-electron chi connectivity index (χ3n) is 4.52. The van der Waals surface area contributed by atoms with Gasteiger partial charge >= 0.3 is 6.18 Å². The van der Waals surface area contributed by atoms with Crippen LogP contribution in [0, 0.1) is 0 Å². The predicted molar refractivity (Wildman–Crippen MR) is 116 cm³/mol. The van der Waals surface area contributed by atoms with Crippen LogP contribution in [0.2, 0.25) is 0 Å². The summed E-state index contributed by atoms with van der Waals surface area (Å²) in [6, 6.07) is 5.83. The zero-order valence-electron chi connectivity index (χ0n) is 17.0. The number of benzene rings is 1. The molecule has 2 N–H and O–H groups in total. The summed E-state index contributed by atoms with van der Waals surface area (Å²) < 4.78 is 38.1. The minimum absolute atomic E-state index is 0.184. The number of amides is 1. The van der Waals surface area contributed by atoms with Crippen LogP contribution >= 0.6 is 11.3 Å². The third-order valence-corrected chi connectivity index (χ3v) is 5.61. The Morgan fingerprint density at radius 2 is 1.73 bits per heavy atom. The van der Waals surface area contributed by atoms with E-state index < -0.39 is 17.6 Å². The van der Waals surface area contributed by atoms with Crippen LogP contribution in [0.3, 0.4) is 0 Å². The van der Waals surface area contributed by atoms with Gasteiger partial charge < -0.3 is 10.6 Å². The summed E-state index contributed by atoms with van der Waals surface area (Å²) >= 11 is 1.27. The molecule has 1 atom stereocenters. The molecule has 1 amide bonds. The predicted octanol–water partition coefficient (Wildman–Crippen LogP) is 4.64. The second-order valence-electron chi connectivity index (χ2n) is 6.88. The SMILES string of the molecule is CC(NC(=O)c1cc(-c2cncnc2)ncn1)c1cnc(Nc2ccc(C(F)(F)F)cc2)s1. The second kappa shape index (κ2) is 9.28. The van der Waals surface area contributed by atoms with Gasteiger partial charge in [0.1, 0.15) is 18.3 Å². The highest BCUT2D eigenvalue weighted by Gasteiger charge is 2.30. The van der Waals surface area contributed by atoms with Gasteiger partial charge in [-0.15, -0.1) is 0 Å². The van der Waals surface area contributed by atoms with E-state index in [-0.39, 0.29) is 11.7 Å². The molecular weight excluding hydrogens is 455 g/mol. The van der Waals surface area contributed by atoms with Crippen molar-refractivity contribution >= 4 is 28.1 Å². The van der Waals surface area contributed by atoms with Gasteiger partial charge in [0.25, 0.3) is 5.91 Å². The Hall–Kier alpha value is -3.93. The quantitative estimate of drug-likeness (QED) is 0.422. The maximum absolute atomic E-state index is 12.7. The molecule has 3 heterocycles. The van der Waals surface area contributed by atoms with E-state index in [9.17, 15) is 18.0 Å². The Kier molecular flexibility index (Phi) is 6.27. The van der Waals surface area contributed by atoms with E-state index in [0.717, 1.165) is 17.0 Å². The fourth-order valence-corrected chi connectivity index (χ4v) is 3.66. The first-order valence-electron chi connectivity index (χ1n) is 9.58. The number of thiazole rings is 1. The standard InChI is InChI=1S/C21H16F3N7OS/c1-12(30-19(32)17-6-16(28-11-29-17)13-7-25-10-26-8-13)18-9-27-20(33-18)31-15-4-2-14(3-5-15)21(22,23)24/h2-12H,1H3,(H,27,31)(H,30,32). The van der Waals surface area contributed by atoms with Crippen LogP contribution in [0.5, 0.6) is 0 Å². The van der Waals surface area contributed by atoms with Crippen LogP contribution in [-0.4, -0.2) is 30.8 Å². The summed E-state index contributed by atoms with van der Waals surface area (Å²) in [6.45, 7) is 1.79. The molecule has 0 aliphatic carbocycles. The Morgan fingerprint density at radius 1 is 1.00 bits per heavy atom. The lowest BCUT2D eigenvalue weighted by atomic mass is 10.2. The summed E-state index contributed by atoms with van der Waals surface area (Å²) in [4.78, 5) is 33.7. The molecule has 1 unspecified atom stereocenters. The summed E-state index contributed by atoms with van der Waals surface area (Å²) in [7, 11) is 0. The molecule has 3 aromatic heterocycles. The molecule has 168 valence electrons. The van der Waals surface area contributed by atoms with Gasteiger partial charge in [-0.25, -0.2) is 24.9 Å². The minimum Gasteiger partial charge on any atom is -0.343 e. The van der Waals surface area contributed by atoms with Gasteiger partial charge in [-0.3, -0.25) is 4.79 Å². The lowest BCUT2D eigenvalue weighted by Crippen LogP contribution is -2.27. The Morgan fingerprint density at radius 3 is 2.42 bits per heavy atom. The highest BCUT2D eigenvalue weighted by atomic mass is 32.1. The maximum atomic E-state index is 12.7. The van der Waals surface area contributed by atoms with Gasteiger partial charge in [0.15, 0.2) is 5.13 Å². The molecule has 33 heavy (non-hydrogen) atoms. The Labute approximate surface area is 190 Å². The van der Waals surface area contributed by atoms with Gasteiger partial charge in [0.2, 0.25) is 0 Å². The first-order chi connectivity index (χ1) is 15.8. The number of aromatic nitrogens is 5. The van der Waals surface area contributed by atoms with Gasteiger partial charge in [-0.05, 0) is 37.3 Å². The number of hydrogen-bond acceptors (Lipinski definition) is 8. The molecule has 0 bridgehead atoms. The Bertz CT molecular complexity index is 1250. The van der Waals surface area contributed by atoms with Crippen LogP contribution in [-0.2, 0) is 6.18 Å². The van der Waals surface area contributed by atoms with E-state index in [1.165, 1.54) is 36.1 Å². The van der Waals surface area contributed by atoms with E-state index in [1.54, 1.807) is 31.6 Å². The molecule has 0 saturated heterocycles. The molecule has 0 spiro atoms. The van der Waals surface area contributed by atoms with E-state index in [4.69, 9.17) is 0 Å². The molecule has 8 nitrogen and oxygen atoms in total. The van der Waals surface area contributed by atoms with Crippen molar-refractivity contribution in [3.8, 4) is 11.3 Å². The average molecular weight is 471 g/mol. The molecule has 0 radical (unpaired) electrons.